The van der Waals surface area contributed by atoms with E-state index in [9.17, 15) is 19.8 Å². The van der Waals surface area contributed by atoms with Gasteiger partial charge in [-0.15, -0.1) is 0 Å². The van der Waals surface area contributed by atoms with Gasteiger partial charge in [-0.25, -0.2) is 0 Å². The van der Waals surface area contributed by atoms with Crippen LogP contribution in [0.15, 0.2) is 53.6 Å². The van der Waals surface area contributed by atoms with Gasteiger partial charge in [-0.05, 0) is 88.3 Å². The minimum atomic E-state index is -0.394. The molecule has 4 atom stereocenters. The number of allylic oxidation sites excluding steroid dienone is 1. The van der Waals surface area contributed by atoms with Gasteiger partial charge < -0.3 is 19.7 Å². The van der Waals surface area contributed by atoms with Crippen molar-refractivity contribution < 1.29 is 29.3 Å². The molecule has 1 aliphatic carbocycles. The van der Waals surface area contributed by atoms with Gasteiger partial charge in [0.2, 0.25) is 11.8 Å². The fourth-order valence-electron chi connectivity index (χ4n) is 6.40. The average molecular weight is 644 g/mol. The first-order valence-corrected chi connectivity index (χ1v) is 14.6. The third-order valence-corrected chi connectivity index (χ3v) is 8.99. The normalized spacial score (nSPS) is 24.8. The molecule has 7 nitrogen and oxygen atoms in total. The summed E-state index contributed by atoms with van der Waals surface area (Å²) in [4.78, 5) is 27.7. The molecule has 2 fully saturated rings. The maximum Gasteiger partial charge on any atom is 0.233 e. The lowest BCUT2D eigenvalue weighted by Crippen LogP contribution is -2.35. The summed E-state index contributed by atoms with van der Waals surface area (Å²) < 4.78 is 12.4. The van der Waals surface area contributed by atoms with E-state index in [2.05, 4.69) is 40.8 Å². The molecular formula is C31H34INO6. The Morgan fingerprint density at radius 3 is 2.64 bits per heavy atom. The van der Waals surface area contributed by atoms with Crippen LogP contribution in [0.4, 0.5) is 0 Å². The number of phenolic OH excluding ortho intramolecular Hbond substituents is 1. The number of amides is 2. The number of imide groups is 1. The summed E-state index contributed by atoms with van der Waals surface area (Å²) >= 11 is 2.10. The van der Waals surface area contributed by atoms with Crippen LogP contribution in [0.3, 0.4) is 0 Å². The van der Waals surface area contributed by atoms with E-state index in [1.54, 1.807) is 0 Å². The molecule has 0 unspecified atom stereocenters. The number of phenols is 1. The van der Waals surface area contributed by atoms with Gasteiger partial charge in [-0.3, -0.25) is 14.5 Å². The molecule has 2 aromatic rings. The lowest BCUT2D eigenvalue weighted by molar-refractivity contribution is -0.140. The third-order valence-electron chi connectivity index (χ3n) is 8.17. The van der Waals surface area contributed by atoms with E-state index in [0.717, 1.165) is 34.3 Å². The van der Waals surface area contributed by atoms with Crippen molar-refractivity contribution in [1.29, 1.82) is 0 Å². The number of likely N-dealkylation sites (tertiary alicyclic amines) is 1. The van der Waals surface area contributed by atoms with Gasteiger partial charge in [0.25, 0.3) is 0 Å². The second kappa shape index (κ2) is 11.8. The van der Waals surface area contributed by atoms with Crippen molar-refractivity contribution in [3.8, 4) is 11.5 Å². The highest BCUT2D eigenvalue weighted by Gasteiger charge is 2.56. The molecule has 0 aromatic heterocycles. The van der Waals surface area contributed by atoms with Crippen LogP contribution in [0.2, 0.25) is 0 Å². The summed E-state index contributed by atoms with van der Waals surface area (Å²) in [5.74, 6) is -0.599. The Morgan fingerprint density at radius 1 is 1.18 bits per heavy atom. The number of aliphatic hydroxyl groups is 1. The fourth-order valence-corrected chi connectivity index (χ4v) is 7.03. The number of fused-ring (bicyclic) bond motifs is 3. The zero-order chi connectivity index (χ0) is 27.7. The topological polar surface area (TPSA) is 96.3 Å². The molecule has 2 amide bonds. The van der Waals surface area contributed by atoms with E-state index in [1.165, 1.54) is 12.0 Å². The molecule has 2 aliphatic heterocycles. The number of nitrogens with zero attached hydrogens (tertiary/aromatic N) is 1. The summed E-state index contributed by atoms with van der Waals surface area (Å²) in [5, 5.41) is 20.6. The number of carbonyl (C=O) groups excluding carboxylic acids is 2. The first-order chi connectivity index (χ1) is 18.9. The number of methoxy groups -OCH3 is 1. The molecule has 2 aromatic carbocycles. The Bertz CT molecular complexity index is 1320. The van der Waals surface area contributed by atoms with Crippen molar-refractivity contribution in [1.82, 2.24) is 4.90 Å². The predicted octanol–water partition coefficient (Wildman–Crippen LogP) is 5.05. The SMILES string of the molecule is CCCN1C(=O)[C@@H]2[C@@H](CC(CO)=C3[C@@H](CC/C(=C/c4cc(I)c(O)c(OC)c4)c4ccccc4)OC[C@@H]32)C1=O. The molecule has 8 heteroatoms. The smallest absolute Gasteiger partial charge is 0.233 e. The van der Waals surface area contributed by atoms with E-state index in [-0.39, 0.29) is 36.2 Å². The molecule has 0 spiro atoms. The van der Waals surface area contributed by atoms with E-state index < -0.39 is 11.8 Å². The Balaban J connectivity index is 1.42. The van der Waals surface area contributed by atoms with Crippen LogP contribution in [0, 0.1) is 21.3 Å². The van der Waals surface area contributed by atoms with Crippen molar-refractivity contribution in [3.63, 3.8) is 0 Å². The van der Waals surface area contributed by atoms with Gasteiger partial charge in [0, 0.05) is 12.5 Å². The quantitative estimate of drug-likeness (QED) is 0.172. The van der Waals surface area contributed by atoms with Gasteiger partial charge in [0.05, 0.1) is 41.8 Å². The lowest BCUT2D eigenvalue weighted by Gasteiger charge is -2.31. The first-order valence-electron chi connectivity index (χ1n) is 13.5. The lowest BCUT2D eigenvalue weighted by atomic mass is 9.69. The van der Waals surface area contributed by atoms with Crippen molar-refractivity contribution in [2.24, 2.45) is 17.8 Å². The molecule has 2 N–H and O–H groups in total. The molecule has 2 saturated heterocycles. The van der Waals surface area contributed by atoms with Crippen LogP contribution in [0.5, 0.6) is 11.5 Å². The predicted molar refractivity (Wildman–Crippen MR) is 157 cm³/mol. The second-order valence-electron chi connectivity index (χ2n) is 10.4. The second-order valence-corrected chi connectivity index (χ2v) is 11.6. The summed E-state index contributed by atoms with van der Waals surface area (Å²) in [6, 6.07) is 13.9. The highest BCUT2D eigenvalue weighted by molar-refractivity contribution is 14.1. The first kappa shape index (κ1) is 27.9. The van der Waals surface area contributed by atoms with Gasteiger partial charge >= 0.3 is 0 Å². The van der Waals surface area contributed by atoms with Gasteiger partial charge in [0.1, 0.15) is 0 Å². The third kappa shape index (κ3) is 5.26. The van der Waals surface area contributed by atoms with Gasteiger partial charge in [-0.1, -0.05) is 43.3 Å². The highest BCUT2D eigenvalue weighted by atomic mass is 127. The minimum absolute atomic E-state index is 0.0867. The monoisotopic (exact) mass is 643 g/mol. The van der Waals surface area contributed by atoms with E-state index in [0.29, 0.717) is 41.7 Å². The number of rotatable bonds is 9. The van der Waals surface area contributed by atoms with Gasteiger partial charge in [-0.2, -0.15) is 0 Å². The molecule has 0 radical (unpaired) electrons. The highest BCUT2D eigenvalue weighted by Crippen LogP contribution is 2.50. The van der Waals surface area contributed by atoms with Gasteiger partial charge in [0.15, 0.2) is 11.5 Å². The molecule has 3 aliphatic rings. The summed E-state index contributed by atoms with van der Waals surface area (Å²) in [6.45, 7) is 2.67. The molecule has 5 rings (SSSR count). The maximum absolute atomic E-state index is 13.3. The zero-order valence-electron chi connectivity index (χ0n) is 22.2. The number of ether oxygens (including phenoxy) is 2. The Kier molecular flexibility index (Phi) is 8.44. The number of aromatic hydroxyl groups is 1. The maximum atomic E-state index is 13.3. The largest absolute Gasteiger partial charge is 0.504 e. The Hall–Kier alpha value is -2.69. The molecule has 0 bridgehead atoms. The molecular weight excluding hydrogens is 609 g/mol. The van der Waals surface area contributed by atoms with Crippen molar-refractivity contribution in [3.05, 3.63) is 68.3 Å². The molecule has 206 valence electrons. The summed E-state index contributed by atoms with van der Waals surface area (Å²) in [7, 11) is 1.54. The number of hydrogen-bond acceptors (Lipinski definition) is 6. The van der Waals surface area contributed by atoms with E-state index >= 15 is 0 Å². The molecule has 0 saturated carbocycles. The standard InChI is InChI=1S/C31H34INO6/c1-3-11-33-30(36)22-15-21(16-34)27-23(28(22)31(33)37)17-39-25(27)10-9-20(19-7-5-4-6-8-19)12-18-13-24(32)29(35)26(14-18)38-2/h4-8,12-14,22-23,25,28,34-35H,3,9-11,15-17H2,1-2H3/b20-12-/t22-,23+,25-,28-/m1/s1. The Morgan fingerprint density at radius 2 is 1.95 bits per heavy atom. The van der Waals surface area contributed by atoms with Crippen LogP contribution in [0.1, 0.15) is 43.7 Å². The number of benzene rings is 2. The minimum Gasteiger partial charge on any atom is -0.504 e. The van der Waals surface area contributed by atoms with Crippen LogP contribution in [-0.4, -0.2) is 59.9 Å². The van der Waals surface area contributed by atoms with E-state index in [1.807, 2.05) is 37.3 Å². The van der Waals surface area contributed by atoms with Crippen molar-refractivity contribution in [2.75, 3.05) is 26.9 Å². The fraction of sp³-hybridized carbons (Fsp3) is 0.419. The summed E-state index contributed by atoms with van der Waals surface area (Å²) in [5.41, 5.74) is 4.98. The average Bonchev–Trinajstić information content (AvgIpc) is 3.47. The van der Waals surface area contributed by atoms with Crippen molar-refractivity contribution in [2.45, 2.75) is 38.7 Å². The van der Waals surface area contributed by atoms with Crippen LogP contribution < -0.4 is 4.74 Å². The van der Waals surface area contributed by atoms with Crippen LogP contribution >= 0.6 is 22.6 Å². The van der Waals surface area contributed by atoms with Crippen LogP contribution in [0.25, 0.3) is 11.6 Å². The van der Waals surface area contributed by atoms with Crippen LogP contribution in [-0.2, 0) is 14.3 Å². The molecule has 39 heavy (non-hydrogen) atoms. The number of carbonyl (C=O) groups is 2. The zero-order valence-corrected chi connectivity index (χ0v) is 24.4. The number of aliphatic hydroxyl groups excluding tert-OH is 1. The molecule has 2 heterocycles. The Labute approximate surface area is 242 Å². The number of hydrogen-bond donors (Lipinski definition) is 2. The van der Waals surface area contributed by atoms with E-state index in [4.69, 9.17) is 9.47 Å². The summed E-state index contributed by atoms with van der Waals surface area (Å²) in [6.07, 6.45) is 4.42. The number of halogens is 1. The van der Waals surface area contributed by atoms with Crippen molar-refractivity contribution >= 4 is 46.1 Å².